The summed E-state index contributed by atoms with van der Waals surface area (Å²) in [5.74, 6) is 0.837. The van der Waals surface area contributed by atoms with E-state index in [4.69, 9.17) is 10.5 Å². The van der Waals surface area contributed by atoms with E-state index in [-0.39, 0.29) is 18.4 Å². The predicted octanol–water partition coefficient (Wildman–Crippen LogP) is 3.17. The van der Waals surface area contributed by atoms with E-state index in [9.17, 15) is 0 Å². The average molecular weight is 250 g/mol. The molecule has 0 aliphatic heterocycles. The molecule has 0 fully saturated rings. The van der Waals surface area contributed by atoms with Crippen LogP contribution in [0, 0.1) is 0 Å². The van der Waals surface area contributed by atoms with E-state index < -0.39 is 0 Å². The lowest BCUT2D eigenvalue weighted by Gasteiger charge is -2.13. The lowest BCUT2D eigenvalue weighted by atomic mass is 10.00. The molecule has 0 aliphatic carbocycles. The maximum absolute atomic E-state index is 6.18. The minimum Gasteiger partial charge on any atom is -0.497 e. The van der Waals surface area contributed by atoms with Crippen molar-refractivity contribution in [2.75, 3.05) is 7.11 Å². The number of ether oxygens (including phenoxy) is 1. The number of halogens is 1. The third-order valence-electron chi connectivity index (χ3n) is 2.61. The van der Waals surface area contributed by atoms with Gasteiger partial charge in [-0.05, 0) is 23.3 Å². The van der Waals surface area contributed by atoms with Gasteiger partial charge in [-0.15, -0.1) is 12.4 Å². The van der Waals surface area contributed by atoms with Gasteiger partial charge in [0, 0.05) is 0 Å². The second-order valence-corrected chi connectivity index (χ2v) is 3.66. The SMILES string of the molecule is COc1cccc(C(N)c2ccccc2)c1.Cl. The van der Waals surface area contributed by atoms with Crippen molar-refractivity contribution in [3.8, 4) is 5.75 Å². The second kappa shape index (κ2) is 6.28. The Morgan fingerprint density at radius 1 is 0.941 bits per heavy atom. The van der Waals surface area contributed by atoms with Crippen LogP contribution in [0.4, 0.5) is 0 Å². The molecule has 0 saturated carbocycles. The first-order valence-corrected chi connectivity index (χ1v) is 5.26. The van der Waals surface area contributed by atoms with Gasteiger partial charge in [-0.3, -0.25) is 0 Å². The molecule has 0 aromatic heterocycles. The van der Waals surface area contributed by atoms with Crippen LogP contribution in [-0.4, -0.2) is 7.11 Å². The van der Waals surface area contributed by atoms with E-state index in [2.05, 4.69) is 0 Å². The van der Waals surface area contributed by atoms with Crippen molar-refractivity contribution in [3.05, 3.63) is 65.7 Å². The van der Waals surface area contributed by atoms with Gasteiger partial charge in [0.15, 0.2) is 0 Å². The predicted molar refractivity (Wildman–Crippen MR) is 72.7 cm³/mol. The zero-order valence-corrected chi connectivity index (χ0v) is 10.5. The number of rotatable bonds is 3. The normalized spacial score (nSPS) is 11.4. The Labute approximate surface area is 108 Å². The van der Waals surface area contributed by atoms with Gasteiger partial charge in [-0.2, -0.15) is 0 Å². The van der Waals surface area contributed by atoms with Crippen LogP contribution in [0.15, 0.2) is 54.6 Å². The molecule has 0 saturated heterocycles. The molecule has 0 heterocycles. The van der Waals surface area contributed by atoms with Crippen molar-refractivity contribution < 1.29 is 4.74 Å². The van der Waals surface area contributed by atoms with E-state index in [1.165, 1.54) is 0 Å². The smallest absolute Gasteiger partial charge is 0.119 e. The van der Waals surface area contributed by atoms with Gasteiger partial charge in [0.25, 0.3) is 0 Å². The molecule has 90 valence electrons. The van der Waals surface area contributed by atoms with Crippen LogP contribution in [0.5, 0.6) is 5.75 Å². The van der Waals surface area contributed by atoms with Gasteiger partial charge in [-0.25, -0.2) is 0 Å². The highest BCUT2D eigenvalue weighted by atomic mass is 35.5. The average Bonchev–Trinajstić information content (AvgIpc) is 2.39. The Morgan fingerprint density at radius 3 is 2.24 bits per heavy atom. The third-order valence-corrected chi connectivity index (χ3v) is 2.61. The highest BCUT2D eigenvalue weighted by Gasteiger charge is 2.08. The van der Waals surface area contributed by atoms with Gasteiger partial charge in [0.05, 0.1) is 13.2 Å². The van der Waals surface area contributed by atoms with Crippen molar-refractivity contribution >= 4 is 12.4 Å². The summed E-state index contributed by atoms with van der Waals surface area (Å²) in [7, 11) is 1.66. The highest BCUT2D eigenvalue weighted by molar-refractivity contribution is 5.85. The number of hydrogen-bond donors (Lipinski definition) is 1. The van der Waals surface area contributed by atoms with Crippen molar-refractivity contribution in [1.29, 1.82) is 0 Å². The molecule has 0 aliphatic rings. The summed E-state index contributed by atoms with van der Waals surface area (Å²) in [5, 5.41) is 0. The highest BCUT2D eigenvalue weighted by Crippen LogP contribution is 2.22. The molecule has 2 aromatic rings. The molecule has 3 heteroatoms. The summed E-state index contributed by atoms with van der Waals surface area (Å²) in [6.45, 7) is 0. The van der Waals surface area contributed by atoms with Crippen molar-refractivity contribution in [2.45, 2.75) is 6.04 Å². The molecule has 2 aromatic carbocycles. The van der Waals surface area contributed by atoms with Gasteiger partial charge >= 0.3 is 0 Å². The van der Waals surface area contributed by atoms with Crippen molar-refractivity contribution in [2.24, 2.45) is 5.73 Å². The molecule has 2 nitrogen and oxygen atoms in total. The molecule has 0 spiro atoms. The molecule has 17 heavy (non-hydrogen) atoms. The molecular formula is C14H16ClNO. The van der Waals surface area contributed by atoms with Crippen LogP contribution in [0.25, 0.3) is 0 Å². The van der Waals surface area contributed by atoms with Crippen molar-refractivity contribution in [1.82, 2.24) is 0 Å². The third kappa shape index (κ3) is 3.22. The monoisotopic (exact) mass is 249 g/mol. The summed E-state index contributed by atoms with van der Waals surface area (Å²) in [6.07, 6.45) is 0. The van der Waals surface area contributed by atoms with E-state index in [1.54, 1.807) is 7.11 Å². The van der Waals surface area contributed by atoms with Crippen LogP contribution in [0.1, 0.15) is 17.2 Å². The zero-order valence-electron chi connectivity index (χ0n) is 9.67. The van der Waals surface area contributed by atoms with Crippen molar-refractivity contribution in [3.63, 3.8) is 0 Å². The summed E-state index contributed by atoms with van der Waals surface area (Å²) >= 11 is 0. The Morgan fingerprint density at radius 2 is 1.59 bits per heavy atom. The lowest BCUT2D eigenvalue weighted by Crippen LogP contribution is -2.11. The molecular weight excluding hydrogens is 234 g/mol. The summed E-state index contributed by atoms with van der Waals surface area (Å²) in [5.41, 5.74) is 8.35. The van der Waals surface area contributed by atoms with Crippen LogP contribution in [0.2, 0.25) is 0 Å². The van der Waals surface area contributed by atoms with Gasteiger partial charge in [-0.1, -0.05) is 42.5 Å². The minimum absolute atomic E-state index is 0. The molecule has 2 N–H and O–H groups in total. The van der Waals surface area contributed by atoms with Crippen LogP contribution in [-0.2, 0) is 0 Å². The Balaban J connectivity index is 0.00000144. The summed E-state index contributed by atoms with van der Waals surface area (Å²) in [6, 6.07) is 17.8. The first-order chi connectivity index (χ1) is 7.81. The first kappa shape index (κ1) is 13.6. The fourth-order valence-corrected chi connectivity index (χ4v) is 1.69. The topological polar surface area (TPSA) is 35.2 Å². The summed E-state index contributed by atoms with van der Waals surface area (Å²) < 4.78 is 5.19. The molecule has 1 unspecified atom stereocenters. The van der Waals surface area contributed by atoms with E-state index in [1.807, 2.05) is 54.6 Å². The Kier molecular flexibility index (Phi) is 5.01. The van der Waals surface area contributed by atoms with Gasteiger partial charge in [0.2, 0.25) is 0 Å². The fourth-order valence-electron chi connectivity index (χ4n) is 1.69. The molecule has 0 amide bonds. The van der Waals surface area contributed by atoms with E-state index in [0.29, 0.717) is 0 Å². The van der Waals surface area contributed by atoms with Gasteiger partial charge < -0.3 is 10.5 Å². The first-order valence-electron chi connectivity index (χ1n) is 5.26. The quantitative estimate of drug-likeness (QED) is 0.907. The maximum atomic E-state index is 6.18. The van der Waals surface area contributed by atoms with Crippen LogP contribution in [0.3, 0.4) is 0 Å². The number of methoxy groups -OCH3 is 1. The number of benzene rings is 2. The maximum Gasteiger partial charge on any atom is 0.119 e. The van der Waals surface area contributed by atoms with Crippen LogP contribution < -0.4 is 10.5 Å². The largest absolute Gasteiger partial charge is 0.497 e. The zero-order chi connectivity index (χ0) is 11.4. The second-order valence-electron chi connectivity index (χ2n) is 3.66. The Bertz CT molecular complexity index is 459. The lowest BCUT2D eigenvalue weighted by molar-refractivity contribution is 0.414. The van der Waals surface area contributed by atoms with E-state index in [0.717, 1.165) is 16.9 Å². The van der Waals surface area contributed by atoms with E-state index >= 15 is 0 Å². The standard InChI is InChI=1S/C14H15NO.ClH/c1-16-13-9-5-8-12(10-13)14(15)11-6-3-2-4-7-11;/h2-10,14H,15H2,1H3;1H. The molecule has 1 atom stereocenters. The molecule has 0 radical (unpaired) electrons. The Hall–Kier alpha value is -1.51. The number of hydrogen-bond acceptors (Lipinski definition) is 2. The summed E-state index contributed by atoms with van der Waals surface area (Å²) in [4.78, 5) is 0. The van der Waals surface area contributed by atoms with Gasteiger partial charge in [0.1, 0.15) is 5.75 Å². The van der Waals surface area contributed by atoms with Crippen LogP contribution >= 0.6 is 12.4 Å². The molecule has 2 rings (SSSR count). The fraction of sp³-hybridized carbons (Fsp3) is 0.143. The molecule has 0 bridgehead atoms. The minimum atomic E-state index is -0.101. The number of nitrogens with two attached hydrogens (primary N) is 1.